The Balaban J connectivity index is 1.84. The number of rotatable bonds is 7. The number of aromatic amines is 1. The number of nitrogens with zero attached hydrogens (tertiary/aromatic N) is 5. The van der Waals surface area contributed by atoms with Crippen LogP contribution in [0.4, 0.5) is 22.1 Å². The second-order valence-electron chi connectivity index (χ2n) is 5.58. The molecule has 140 valence electrons. The molecule has 5 N–H and O–H groups in total. The number of nitrogens with one attached hydrogen (secondary N) is 3. The van der Waals surface area contributed by atoms with Crippen molar-refractivity contribution in [2.45, 2.75) is 19.4 Å². The van der Waals surface area contributed by atoms with Crippen LogP contribution in [-0.2, 0) is 4.79 Å². The first-order valence-corrected chi connectivity index (χ1v) is 8.14. The third-order valence-corrected chi connectivity index (χ3v) is 3.54. The van der Waals surface area contributed by atoms with Crippen molar-refractivity contribution in [3.05, 3.63) is 46.9 Å². The smallest absolute Gasteiger partial charge is 0.234 e. The van der Waals surface area contributed by atoms with E-state index in [-0.39, 0.29) is 23.6 Å². The van der Waals surface area contributed by atoms with Gasteiger partial charge < -0.3 is 16.4 Å². The molecule has 0 aliphatic heterocycles. The molecule has 0 spiro atoms. The summed E-state index contributed by atoms with van der Waals surface area (Å²) in [6, 6.07) is 3.74. The second-order valence-corrected chi connectivity index (χ2v) is 5.92. The number of hydrogen-bond acceptors (Lipinski definition) is 8. The van der Waals surface area contributed by atoms with Gasteiger partial charge in [0.25, 0.3) is 0 Å². The highest BCUT2D eigenvalue weighted by Crippen LogP contribution is 2.21. The number of carbonyl (C=O) groups is 1. The fourth-order valence-corrected chi connectivity index (χ4v) is 2.41. The molecule has 0 saturated heterocycles. The van der Waals surface area contributed by atoms with E-state index >= 15 is 0 Å². The average Bonchev–Trinajstić information content (AvgIpc) is 2.99. The van der Waals surface area contributed by atoms with E-state index in [1.165, 1.54) is 12.1 Å². The summed E-state index contributed by atoms with van der Waals surface area (Å²) in [5, 5.41) is 12.5. The summed E-state index contributed by atoms with van der Waals surface area (Å²) in [5.41, 5.74) is 6.53. The molecular weight excluding hydrogens is 377 g/mol. The topological polar surface area (TPSA) is 147 Å². The maximum atomic E-state index is 13.1. The Labute approximate surface area is 157 Å². The summed E-state index contributed by atoms with van der Waals surface area (Å²) >= 11 is 5.95. The Morgan fingerprint density at radius 1 is 1.33 bits per heavy atom. The van der Waals surface area contributed by atoms with Crippen LogP contribution in [0.2, 0.25) is 5.28 Å². The minimum atomic E-state index is -0.679. The summed E-state index contributed by atoms with van der Waals surface area (Å²) in [7, 11) is 0. The van der Waals surface area contributed by atoms with Gasteiger partial charge in [0.15, 0.2) is 5.82 Å². The lowest BCUT2D eigenvalue weighted by molar-refractivity contribution is -0.118. The molecular formula is C15H15ClFN9O. The van der Waals surface area contributed by atoms with Crippen molar-refractivity contribution in [3.63, 3.8) is 0 Å². The molecule has 0 bridgehead atoms. The van der Waals surface area contributed by atoms with E-state index in [2.05, 4.69) is 40.8 Å². The van der Waals surface area contributed by atoms with Crippen molar-refractivity contribution in [2.24, 2.45) is 5.73 Å². The van der Waals surface area contributed by atoms with Crippen molar-refractivity contribution < 1.29 is 9.18 Å². The van der Waals surface area contributed by atoms with Gasteiger partial charge in [0, 0.05) is 11.8 Å². The fraction of sp³-hybridized carbons (Fsp3) is 0.200. The number of anilines is 3. The molecule has 3 heterocycles. The average molecular weight is 392 g/mol. The lowest BCUT2D eigenvalue weighted by atomic mass is 10.1. The summed E-state index contributed by atoms with van der Waals surface area (Å²) in [4.78, 5) is 27.5. The highest BCUT2D eigenvalue weighted by Gasteiger charge is 2.18. The van der Waals surface area contributed by atoms with E-state index in [1.54, 1.807) is 6.07 Å². The lowest BCUT2D eigenvalue weighted by Crippen LogP contribution is -2.22. The molecule has 0 aliphatic rings. The minimum Gasteiger partial charge on any atom is -0.370 e. The monoisotopic (exact) mass is 391 g/mol. The van der Waals surface area contributed by atoms with Crippen molar-refractivity contribution in [1.82, 2.24) is 30.1 Å². The van der Waals surface area contributed by atoms with E-state index in [0.717, 1.165) is 11.9 Å². The molecule has 0 aliphatic carbocycles. The molecule has 3 aromatic heterocycles. The Kier molecular flexibility index (Phi) is 5.41. The van der Waals surface area contributed by atoms with E-state index in [0.29, 0.717) is 11.5 Å². The number of pyridine rings is 1. The zero-order chi connectivity index (χ0) is 19.4. The van der Waals surface area contributed by atoms with Crippen LogP contribution >= 0.6 is 11.6 Å². The maximum Gasteiger partial charge on any atom is 0.234 e. The number of amides is 1. The molecule has 0 saturated carbocycles. The molecule has 0 radical (unpaired) electrons. The highest BCUT2D eigenvalue weighted by molar-refractivity contribution is 6.28. The van der Waals surface area contributed by atoms with Gasteiger partial charge in [-0.1, -0.05) is 0 Å². The van der Waals surface area contributed by atoms with Crippen molar-refractivity contribution >= 4 is 35.2 Å². The second kappa shape index (κ2) is 7.91. The summed E-state index contributed by atoms with van der Waals surface area (Å²) in [6.45, 7) is 1.84. The van der Waals surface area contributed by atoms with Gasteiger partial charge in [0.05, 0.1) is 24.4 Å². The first kappa shape index (κ1) is 18.5. The van der Waals surface area contributed by atoms with E-state index < -0.39 is 17.8 Å². The molecule has 27 heavy (non-hydrogen) atoms. The lowest BCUT2D eigenvalue weighted by Gasteiger charge is -2.17. The number of aromatic nitrogens is 6. The summed E-state index contributed by atoms with van der Waals surface area (Å²) < 4.78 is 13.1. The number of hydrogen-bond donors (Lipinski definition) is 4. The van der Waals surface area contributed by atoms with Gasteiger partial charge in [-0.25, -0.2) is 4.39 Å². The van der Waals surface area contributed by atoms with Gasteiger partial charge >= 0.3 is 0 Å². The van der Waals surface area contributed by atoms with Crippen LogP contribution in [0.15, 0.2) is 24.4 Å². The van der Waals surface area contributed by atoms with Gasteiger partial charge in [-0.2, -0.15) is 20.1 Å². The molecule has 1 unspecified atom stereocenters. The largest absolute Gasteiger partial charge is 0.370 e. The normalized spacial score (nSPS) is 11.8. The van der Waals surface area contributed by atoms with Gasteiger partial charge in [0.2, 0.25) is 23.1 Å². The van der Waals surface area contributed by atoms with Crippen molar-refractivity contribution in [3.8, 4) is 0 Å². The number of aryl methyl sites for hydroxylation is 1. The first-order chi connectivity index (χ1) is 12.9. The molecule has 0 fully saturated rings. The van der Waals surface area contributed by atoms with Crippen molar-refractivity contribution in [2.75, 3.05) is 10.6 Å². The van der Waals surface area contributed by atoms with E-state index in [1.807, 2.05) is 6.92 Å². The van der Waals surface area contributed by atoms with Crippen LogP contribution in [0.1, 0.15) is 23.9 Å². The third-order valence-electron chi connectivity index (χ3n) is 3.37. The standard InChI is InChI=1S/C15H15ClFN9O/c1-7-4-12(26-25-7)21-15-23-13(16)22-14(24-15)20-10(5-11(18)27)9-3-2-8(17)6-19-9/h2-4,6,10H,5H2,1H3,(H2,18,27)(H3,20,21,22,23,24,25,26). The molecule has 3 aromatic rings. The van der Waals surface area contributed by atoms with Crippen molar-refractivity contribution in [1.29, 1.82) is 0 Å². The predicted octanol–water partition coefficient (Wildman–Crippen LogP) is 1.86. The quantitative estimate of drug-likeness (QED) is 0.477. The Bertz CT molecular complexity index is 947. The Morgan fingerprint density at radius 3 is 2.74 bits per heavy atom. The predicted molar refractivity (Wildman–Crippen MR) is 95.8 cm³/mol. The number of nitrogens with two attached hydrogens (primary N) is 1. The highest BCUT2D eigenvalue weighted by atomic mass is 35.5. The Hall–Kier alpha value is -3.34. The zero-order valence-corrected chi connectivity index (χ0v) is 14.8. The third kappa shape index (κ3) is 5.07. The van der Waals surface area contributed by atoms with Gasteiger partial charge in [-0.3, -0.25) is 14.9 Å². The van der Waals surface area contributed by atoms with Gasteiger partial charge in [0.1, 0.15) is 5.82 Å². The van der Waals surface area contributed by atoms with Crippen LogP contribution in [0.25, 0.3) is 0 Å². The van der Waals surface area contributed by atoms with Crippen LogP contribution < -0.4 is 16.4 Å². The van der Waals surface area contributed by atoms with E-state index in [4.69, 9.17) is 17.3 Å². The summed E-state index contributed by atoms with van der Waals surface area (Å²) in [5.74, 6) is -0.352. The van der Waals surface area contributed by atoms with Gasteiger partial charge in [-0.15, -0.1) is 0 Å². The molecule has 10 nitrogen and oxygen atoms in total. The molecule has 0 aromatic carbocycles. The number of primary amides is 1. The van der Waals surface area contributed by atoms with Gasteiger partial charge in [-0.05, 0) is 30.7 Å². The maximum absolute atomic E-state index is 13.1. The van der Waals surface area contributed by atoms with Crippen LogP contribution in [0, 0.1) is 12.7 Å². The molecule has 3 rings (SSSR count). The molecule has 1 atom stereocenters. The molecule has 1 amide bonds. The number of carbonyl (C=O) groups excluding carboxylic acids is 1. The SMILES string of the molecule is Cc1cc(Nc2nc(Cl)nc(NC(CC(N)=O)c3ccc(F)cn3)n2)n[nH]1. The first-order valence-electron chi connectivity index (χ1n) is 7.76. The van der Waals surface area contributed by atoms with E-state index in [9.17, 15) is 9.18 Å². The molecule has 12 heteroatoms. The van der Waals surface area contributed by atoms with Crippen LogP contribution in [0.5, 0.6) is 0 Å². The number of halogens is 2. The van der Waals surface area contributed by atoms with Crippen LogP contribution in [0.3, 0.4) is 0 Å². The van der Waals surface area contributed by atoms with Crippen LogP contribution in [-0.4, -0.2) is 36.0 Å². The number of H-pyrrole nitrogens is 1. The zero-order valence-electron chi connectivity index (χ0n) is 14.1. The Morgan fingerprint density at radius 2 is 2.11 bits per heavy atom. The minimum absolute atomic E-state index is 0.0767. The fourth-order valence-electron chi connectivity index (χ4n) is 2.25. The summed E-state index contributed by atoms with van der Waals surface area (Å²) in [6.07, 6.45) is 0.932.